The van der Waals surface area contributed by atoms with Gasteiger partial charge < -0.3 is 4.98 Å². The second-order valence-corrected chi connectivity index (χ2v) is 9.58. The highest BCUT2D eigenvalue weighted by Gasteiger charge is 1.96. The summed E-state index contributed by atoms with van der Waals surface area (Å²) in [5.74, 6) is 0. The van der Waals surface area contributed by atoms with E-state index in [0.717, 1.165) is 0 Å². The lowest BCUT2D eigenvalue weighted by Gasteiger charge is -2.06. The van der Waals surface area contributed by atoms with Gasteiger partial charge in [-0.1, -0.05) is 116 Å². The van der Waals surface area contributed by atoms with E-state index < -0.39 is 0 Å². The summed E-state index contributed by atoms with van der Waals surface area (Å²) in [6.45, 7) is 8.21. The average molecular weight is 327 g/mol. The quantitative estimate of drug-likeness (QED) is 0.209. The molecule has 2 heteroatoms. The van der Waals surface area contributed by atoms with E-state index >= 15 is 0 Å². The van der Waals surface area contributed by atoms with Crippen LogP contribution in [0.3, 0.4) is 0 Å². The maximum absolute atomic E-state index is 3.60. The predicted octanol–water partition coefficient (Wildman–Crippen LogP) is 7.09. The van der Waals surface area contributed by atoms with E-state index in [0.29, 0.717) is 0 Å². The number of rotatable bonds is 18. The normalized spacial score (nSPS) is 11.5. The van der Waals surface area contributed by atoms with Gasteiger partial charge in [0.05, 0.1) is 0 Å². The zero-order valence-electron chi connectivity index (χ0n) is 16.0. The number of hydrogen-bond acceptors (Lipinski definition) is 1. The molecular formula is C20H44NSi. The molecule has 0 aromatic rings. The van der Waals surface area contributed by atoms with E-state index in [1.165, 1.54) is 109 Å². The van der Waals surface area contributed by atoms with E-state index in [4.69, 9.17) is 0 Å². The van der Waals surface area contributed by atoms with Crippen LogP contribution in [-0.4, -0.2) is 15.5 Å². The summed E-state index contributed by atoms with van der Waals surface area (Å²) in [6, 6.07) is 0. The largest absolute Gasteiger partial charge is 0.338 e. The monoisotopic (exact) mass is 326 g/mol. The van der Waals surface area contributed by atoms with Gasteiger partial charge in [0.2, 0.25) is 0 Å². The zero-order chi connectivity index (χ0) is 16.3. The first-order valence-corrected chi connectivity index (χ1v) is 12.8. The fourth-order valence-corrected chi connectivity index (χ4v) is 3.69. The van der Waals surface area contributed by atoms with Crippen LogP contribution < -0.4 is 4.98 Å². The Balaban J connectivity index is 2.94. The summed E-state index contributed by atoms with van der Waals surface area (Å²) in [6.07, 6.45) is 23.3. The molecule has 0 saturated carbocycles. The minimum atomic E-state index is -0.205. The lowest BCUT2D eigenvalue weighted by atomic mass is 10.0. The number of hydrogen-bond donors (Lipinski definition) is 1. The van der Waals surface area contributed by atoms with Gasteiger partial charge in [-0.15, -0.1) is 0 Å². The van der Waals surface area contributed by atoms with E-state index in [2.05, 4.69) is 25.0 Å². The van der Waals surface area contributed by atoms with Crippen LogP contribution in [0.25, 0.3) is 0 Å². The molecule has 0 aliphatic carbocycles. The Morgan fingerprint density at radius 3 is 1.14 bits per heavy atom. The Labute approximate surface area is 143 Å². The molecular weight excluding hydrogens is 282 g/mol. The summed E-state index contributed by atoms with van der Waals surface area (Å²) in [5, 5.41) is 0. The van der Waals surface area contributed by atoms with Crippen molar-refractivity contribution in [3.63, 3.8) is 0 Å². The molecule has 0 rings (SSSR count). The van der Waals surface area contributed by atoms with Crippen molar-refractivity contribution < 1.29 is 0 Å². The highest BCUT2D eigenvalue weighted by Crippen LogP contribution is 2.13. The predicted molar refractivity (Wildman–Crippen MR) is 105 cm³/mol. The molecule has 1 nitrogen and oxygen atoms in total. The van der Waals surface area contributed by atoms with Gasteiger partial charge in [-0.05, 0) is 13.0 Å². The molecule has 0 amide bonds. The van der Waals surface area contributed by atoms with Crippen molar-refractivity contribution >= 4 is 8.96 Å². The van der Waals surface area contributed by atoms with Crippen molar-refractivity contribution in [3.8, 4) is 0 Å². The molecule has 0 aliphatic rings. The molecule has 0 atom stereocenters. The third-order valence-corrected chi connectivity index (χ3v) is 5.47. The van der Waals surface area contributed by atoms with Crippen molar-refractivity contribution in [3.05, 3.63) is 0 Å². The topological polar surface area (TPSA) is 12.0 Å². The van der Waals surface area contributed by atoms with E-state index in [1.54, 1.807) is 0 Å². The maximum atomic E-state index is 3.60. The fraction of sp³-hybridized carbons (Fsp3) is 1.00. The second-order valence-electron chi connectivity index (χ2n) is 7.23. The molecule has 0 heterocycles. The van der Waals surface area contributed by atoms with Crippen LogP contribution in [0.2, 0.25) is 13.1 Å². The summed E-state index contributed by atoms with van der Waals surface area (Å²) in [7, 11) is -0.205. The van der Waals surface area contributed by atoms with Crippen LogP contribution in [0.5, 0.6) is 0 Å². The van der Waals surface area contributed by atoms with Gasteiger partial charge in [0, 0.05) is 0 Å². The van der Waals surface area contributed by atoms with E-state index in [9.17, 15) is 0 Å². The SMILES string of the molecule is CCCCCCCCCCCCCCCCCCN[Si](C)C. The number of unbranched alkanes of at least 4 members (excludes halogenated alkanes) is 15. The molecule has 1 radical (unpaired) electrons. The van der Waals surface area contributed by atoms with Crippen LogP contribution in [0.15, 0.2) is 0 Å². The smallest absolute Gasteiger partial charge is 0.126 e. The van der Waals surface area contributed by atoms with Crippen LogP contribution in [0, 0.1) is 0 Å². The zero-order valence-corrected chi connectivity index (χ0v) is 17.0. The first-order chi connectivity index (χ1) is 10.8. The third-order valence-electron chi connectivity index (χ3n) is 4.51. The van der Waals surface area contributed by atoms with Gasteiger partial charge in [0.1, 0.15) is 8.96 Å². The van der Waals surface area contributed by atoms with Gasteiger partial charge in [0.25, 0.3) is 0 Å². The summed E-state index contributed by atoms with van der Waals surface area (Å²) >= 11 is 0. The molecule has 0 aliphatic heterocycles. The van der Waals surface area contributed by atoms with Crippen LogP contribution in [-0.2, 0) is 0 Å². The van der Waals surface area contributed by atoms with Crippen molar-refractivity contribution in [2.24, 2.45) is 0 Å². The molecule has 0 unspecified atom stereocenters. The minimum absolute atomic E-state index is 0.205. The van der Waals surface area contributed by atoms with Gasteiger partial charge in [-0.2, -0.15) is 0 Å². The average Bonchev–Trinajstić information content (AvgIpc) is 2.50. The minimum Gasteiger partial charge on any atom is -0.338 e. The van der Waals surface area contributed by atoms with Crippen molar-refractivity contribution in [1.82, 2.24) is 4.98 Å². The third kappa shape index (κ3) is 20.2. The molecule has 133 valence electrons. The standard InChI is InChI=1S/C20H44NSi/c1-4-5-6-7-8-9-10-11-12-13-14-15-16-17-18-19-20-21-22(2)3/h21H,4-20H2,1-3H3. The van der Waals surface area contributed by atoms with Gasteiger partial charge in [-0.25, -0.2) is 0 Å². The fourth-order valence-electron chi connectivity index (χ4n) is 3.01. The maximum Gasteiger partial charge on any atom is 0.126 e. The van der Waals surface area contributed by atoms with Gasteiger partial charge in [0.15, 0.2) is 0 Å². The van der Waals surface area contributed by atoms with Crippen LogP contribution in [0.4, 0.5) is 0 Å². The Bertz CT molecular complexity index is 194. The van der Waals surface area contributed by atoms with Crippen LogP contribution in [0.1, 0.15) is 110 Å². The molecule has 0 bridgehead atoms. The Morgan fingerprint density at radius 2 is 0.818 bits per heavy atom. The van der Waals surface area contributed by atoms with Crippen molar-refractivity contribution in [1.29, 1.82) is 0 Å². The molecule has 0 aromatic carbocycles. The molecule has 22 heavy (non-hydrogen) atoms. The van der Waals surface area contributed by atoms with Gasteiger partial charge in [-0.3, -0.25) is 0 Å². The lowest BCUT2D eigenvalue weighted by molar-refractivity contribution is 0.529. The Hall–Kier alpha value is 0.177. The highest BCUT2D eigenvalue weighted by molar-refractivity contribution is 6.52. The van der Waals surface area contributed by atoms with Crippen LogP contribution >= 0.6 is 0 Å². The summed E-state index contributed by atoms with van der Waals surface area (Å²) in [5.41, 5.74) is 0. The molecule has 0 saturated heterocycles. The molecule has 0 spiro atoms. The second kappa shape index (κ2) is 19.2. The van der Waals surface area contributed by atoms with Crippen molar-refractivity contribution in [2.75, 3.05) is 6.54 Å². The molecule has 0 fully saturated rings. The van der Waals surface area contributed by atoms with E-state index in [-0.39, 0.29) is 8.96 Å². The van der Waals surface area contributed by atoms with E-state index in [1.807, 2.05) is 0 Å². The molecule has 1 N–H and O–H groups in total. The summed E-state index contributed by atoms with van der Waals surface area (Å²) in [4.78, 5) is 3.60. The highest BCUT2D eigenvalue weighted by atomic mass is 28.3. The lowest BCUT2D eigenvalue weighted by Crippen LogP contribution is -2.27. The van der Waals surface area contributed by atoms with Crippen molar-refractivity contribution in [2.45, 2.75) is 123 Å². The first-order valence-electron chi connectivity index (χ1n) is 10.3. The number of nitrogens with one attached hydrogen (secondary N) is 1. The summed E-state index contributed by atoms with van der Waals surface area (Å²) < 4.78 is 0. The van der Waals surface area contributed by atoms with Gasteiger partial charge >= 0.3 is 0 Å². The Kier molecular flexibility index (Phi) is 19.4. The first kappa shape index (κ1) is 22.2. The Morgan fingerprint density at radius 1 is 0.500 bits per heavy atom. The molecule has 0 aromatic heterocycles.